The third kappa shape index (κ3) is 7.77. The predicted molar refractivity (Wildman–Crippen MR) is 139 cm³/mol. The van der Waals surface area contributed by atoms with Crippen LogP contribution in [0.2, 0.25) is 0 Å². The first kappa shape index (κ1) is 30.3. The molecule has 3 fully saturated rings. The van der Waals surface area contributed by atoms with Gasteiger partial charge < -0.3 is 43.0 Å². The first-order valence-corrected chi connectivity index (χ1v) is 13.8. The van der Waals surface area contributed by atoms with E-state index in [2.05, 4.69) is 13.8 Å². The molecule has 0 aromatic heterocycles. The fourth-order valence-electron chi connectivity index (χ4n) is 5.20. The van der Waals surface area contributed by atoms with Crippen molar-refractivity contribution in [1.82, 2.24) is 0 Å². The Labute approximate surface area is 231 Å². The highest BCUT2D eigenvalue weighted by atomic mass is 16.8. The van der Waals surface area contributed by atoms with E-state index in [9.17, 15) is 9.90 Å². The molecular weight excluding hydrogens is 508 g/mol. The van der Waals surface area contributed by atoms with E-state index >= 15 is 0 Å². The van der Waals surface area contributed by atoms with Crippen LogP contribution in [0.1, 0.15) is 54.0 Å². The van der Waals surface area contributed by atoms with Crippen molar-refractivity contribution in [3.8, 4) is 0 Å². The molecule has 3 aliphatic heterocycles. The monoisotopic (exact) mass is 552 g/mol. The quantitative estimate of drug-likeness (QED) is 0.483. The van der Waals surface area contributed by atoms with Crippen LogP contribution in [0.3, 0.4) is 0 Å². The van der Waals surface area contributed by atoms with E-state index in [-0.39, 0.29) is 43.5 Å². The van der Waals surface area contributed by atoms with Crippen LogP contribution in [0.15, 0.2) is 30.3 Å². The summed E-state index contributed by atoms with van der Waals surface area (Å²) in [4.78, 5) is 12.2. The van der Waals surface area contributed by atoms with E-state index in [1.54, 1.807) is 20.8 Å². The predicted octanol–water partition coefficient (Wildman–Crippen LogP) is 3.18. The van der Waals surface area contributed by atoms with Gasteiger partial charge in [-0.05, 0) is 46.1 Å². The Kier molecular flexibility index (Phi) is 10.0. The van der Waals surface area contributed by atoms with Gasteiger partial charge in [-0.1, -0.05) is 44.2 Å². The average molecular weight is 553 g/mol. The van der Waals surface area contributed by atoms with Crippen molar-refractivity contribution in [3.63, 3.8) is 0 Å². The van der Waals surface area contributed by atoms with Gasteiger partial charge in [-0.3, -0.25) is 0 Å². The standard InChI is InChI=1S/C29H44O10/c1-16-17(2)27(37-21-14-32-19(4)36-24(16)21)38-25-18(3)35-28(34-15-22(30)39-29(5,6)7)23(31)26(25)33-13-20-11-9-8-10-12-20/h8-12,16-19,21,23-28,31H,13-15H2,1-7H3/t16-,17?,18?,19?,21?,23?,24+,25-,26+,27-,28-/m1/s1. The van der Waals surface area contributed by atoms with Crippen LogP contribution in [0, 0.1) is 11.8 Å². The number of aliphatic hydroxyl groups excluding tert-OH is 1. The van der Waals surface area contributed by atoms with E-state index in [1.165, 1.54) is 0 Å². The molecule has 10 heteroatoms. The second kappa shape index (κ2) is 12.9. The van der Waals surface area contributed by atoms with Crippen molar-refractivity contribution >= 4 is 5.97 Å². The summed E-state index contributed by atoms with van der Waals surface area (Å²) in [5.41, 5.74) is 0.289. The summed E-state index contributed by atoms with van der Waals surface area (Å²) < 4.78 is 47.7. The van der Waals surface area contributed by atoms with Gasteiger partial charge in [0.05, 0.1) is 25.4 Å². The number of rotatable bonds is 8. The Morgan fingerprint density at radius 3 is 2.36 bits per heavy atom. The number of carbonyl (C=O) groups is 1. The summed E-state index contributed by atoms with van der Waals surface area (Å²) in [5.74, 6) is -0.402. The normalized spacial score (nSPS) is 39.1. The van der Waals surface area contributed by atoms with Gasteiger partial charge in [0, 0.05) is 5.92 Å². The minimum Gasteiger partial charge on any atom is -0.458 e. The number of carbonyl (C=O) groups excluding carboxylic acids is 1. The topological polar surface area (TPSA) is 111 Å². The summed E-state index contributed by atoms with van der Waals surface area (Å²) in [5, 5.41) is 11.3. The minimum atomic E-state index is -1.23. The molecule has 4 rings (SSSR count). The van der Waals surface area contributed by atoms with Crippen LogP contribution in [0.4, 0.5) is 0 Å². The molecule has 11 atom stereocenters. The molecule has 1 N–H and O–H groups in total. The molecule has 10 nitrogen and oxygen atoms in total. The Morgan fingerprint density at radius 2 is 1.67 bits per heavy atom. The molecule has 220 valence electrons. The van der Waals surface area contributed by atoms with Gasteiger partial charge in [-0.25, -0.2) is 4.79 Å². The molecule has 1 aromatic rings. The third-order valence-electron chi connectivity index (χ3n) is 7.41. The zero-order valence-corrected chi connectivity index (χ0v) is 24.0. The van der Waals surface area contributed by atoms with Crippen LogP contribution < -0.4 is 0 Å². The SMILES string of the molecule is CC1OCC2O[C@H](O[C@@H]3C(C)O[C@@H](OCC(=O)OC(C)(C)C)C(O)[C@@H]3OCc3ccccc3)C(C)[C@@H](C)[C@@H]2O1. The maximum Gasteiger partial charge on any atom is 0.332 e. The first-order chi connectivity index (χ1) is 18.4. The van der Waals surface area contributed by atoms with Gasteiger partial charge in [0.2, 0.25) is 0 Å². The molecule has 1 aromatic carbocycles. The molecule has 0 spiro atoms. The van der Waals surface area contributed by atoms with Gasteiger partial charge in [-0.15, -0.1) is 0 Å². The molecule has 0 saturated carbocycles. The number of hydrogen-bond donors (Lipinski definition) is 1. The summed E-state index contributed by atoms with van der Waals surface area (Å²) in [6.07, 6.45) is -5.61. The Bertz CT molecular complexity index is 918. The molecule has 0 aliphatic carbocycles. The molecule has 3 aliphatic rings. The average Bonchev–Trinajstić information content (AvgIpc) is 2.87. The van der Waals surface area contributed by atoms with Gasteiger partial charge in [0.25, 0.3) is 0 Å². The smallest absolute Gasteiger partial charge is 0.332 e. The molecule has 39 heavy (non-hydrogen) atoms. The van der Waals surface area contributed by atoms with E-state index in [1.807, 2.05) is 44.2 Å². The second-order valence-corrected chi connectivity index (χ2v) is 11.7. The van der Waals surface area contributed by atoms with Crippen molar-refractivity contribution in [3.05, 3.63) is 35.9 Å². The molecule has 3 heterocycles. The van der Waals surface area contributed by atoms with E-state index in [0.717, 1.165) is 5.56 Å². The van der Waals surface area contributed by atoms with Gasteiger partial charge in [-0.2, -0.15) is 0 Å². The lowest BCUT2D eigenvalue weighted by Crippen LogP contribution is -2.62. The van der Waals surface area contributed by atoms with Gasteiger partial charge in [0.1, 0.15) is 36.6 Å². The van der Waals surface area contributed by atoms with E-state index < -0.39 is 48.6 Å². The van der Waals surface area contributed by atoms with Crippen molar-refractivity contribution in [2.24, 2.45) is 11.8 Å². The number of benzene rings is 1. The van der Waals surface area contributed by atoms with Crippen LogP contribution in [-0.2, 0) is 49.3 Å². The minimum absolute atomic E-state index is 0.00296. The molecule has 0 bridgehead atoms. The fourth-order valence-corrected chi connectivity index (χ4v) is 5.20. The van der Waals surface area contributed by atoms with Crippen molar-refractivity contribution in [1.29, 1.82) is 0 Å². The Hall–Kier alpha value is -1.63. The van der Waals surface area contributed by atoms with Crippen molar-refractivity contribution in [2.45, 2.75) is 116 Å². The lowest BCUT2D eigenvalue weighted by molar-refractivity contribution is -0.369. The molecule has 0 amide bonds. The van der Waals surface area contributed by atoms with Crippen molar-refractivity contribution in [2.75, 3.05) is 13.2 Å². The van der Waals surface area contributed by atoms with Crippen LogP contribution in [0.5, 0.6) is 0 Å². The Morgan fingerprint density at radius 1 is 0.949 bits per heavy atom. The summed E-state index contributed by atoms with van der Waals surface area (Å²) >= 11 is 0. The molecule has 0 radical (unpaired) electrons. The fraction of sp³-hybridized carbons (Fsp3) is 0.759. The third-order valence-corrected chi connectivity index (χ3v) is 7.41. The van der Waals surface area contributed by atoms with Gasteiger partial charge in [0.15, 0.2) is 18.9 Å². The zero-order valence-electron chi connectivity index (χ0n) is 24.0. The van der Waals surface area contributed by atoms with Crippen LogP contribution in [-0.4, -0.2) is 85.4 Å². The lowest BCUT2D eigenvalue weighted by atomic mass is 9.84. The second-order valence-electron chi connectivity index (χ2n) is 11.7. The molecule has 3 saturated heterocycles. The first-order valence-electron chi connectivity index (χ1n) is 13.8. The van der Waals surface area contributed by atoms with Gasteiger partial charge >= 0.3 is 5.97 Å². The van der Waals surface area contributed by atoms with E-state index in [4.69, 9.17) is 37.9 Å². The molecule has 5 unspecified atom stereocenters. The van der Waals surface area contributed by atoms with E-state index in [0.29, 0.717) is 6.61 Å². The number of hydrogen-bond acceptors (Lipinski definition) is 10. The highest BCUT2D eigenvalue weighted by Crippen LogP contribution is 2.38. The number of ether oxygens (including phenoxy) is 8. The summed E-state index contributed by atoms with van der Waals surface area (Å²) in [6, 6.07) is 9.66. The number of fused-ring (bicyclic) bond motifs is 1. The maximum absolute atomic E-state index is 12.2. The van der Waals surface area contributed by atoms with Crippen LogP contribution in [0.25, 0.3) is 0 Å². The largest absolute Gasteiger partial charge is 0.458 e. The highest BCUT2D eigenvalue weighted by molar-refractivity contribution is 5.71. The maximum atomic E-state index is 12.2. The zero-order chi connectivity index (χ0) is 28.3. The number of aliphatic hydroxyl groups is 1. The molecular formula is C29H44O10. The van der Waals surface area contributed by atoms with Crippen molar-refractivity contribution < 1.29 is 47.8 Å². The Balaban J connectivity index is 1.47. The lowest BCUT2D eigenvalue weighted by Gasteiger charge is -2.50. The highest BCUT2D eigenvalue weighted by Gasteiger charge is 2.51. The van der Waals surface area contributed by atoms with Crippen LogP contribution >= 0.6 is 0 Å². The summed E-state index contributed by atoms with van der Waals surface area (Å²) in [7, 11) is 0. The number of esters is 1. The summed E-state index contributed by atoms with van der Waals surface area (Å²) in [6.45, 7) is 13.5.